The van der Waals surface area contributed by atoms with E-state index in [0.717, 1.165) is 51.4 Å². The minimum absolute atomic E-state index is 0.343. The Labute approximate surface area is 194 Å². The monoisotopic (exact) mass is 515 g/mol. The number of benzene rings is 1. The van der Waals surface area contributed by atoms with Gasteiger partial charge in [-0.15, -0.1) is 0 Å². The molecule has 30 heavy (non-hydrogen) atoms. The van der Waals surface area contributed by atoms with Crippen LogP contribution in [0.25, 0.3) is 6.08 Å². The summed E-state index contributed by atoms with van der Waals surface area (Å²) in [4.78, 5) is 0. The molecule has 0 bridgehead atoms. The number of aromatic hydroxyl groups is 1. The van der Waals surface area contributed by atoms with E-state index in [1.165, 1.54) is 23.1 Å². The molecule has 0 saturated heterocycles. The first-order valence-electron chi connectivity index (χ1n) is 11.5. The van der Waals surface area contributed by atoms with E-state index in [-0.39, 0.29) is 0 Å². The van der Waals surface area contributed by atoms with Crippen LogP contribution < -0.4 is 0 Å². The quantitative estimate of drug-likeness (QED) is 0.308. The zero-order valence-corrected chi connectivity index (χ0v) is 19.7. The fraction of sp³-hybridized carbons (Fsp3) is 0.577. The van der Waals surface area contributed by atoms with Crippen LogP contribution in [0.1, 0.15) is 81.3 Å². The van der Waals surface area contributed by atoms with Crippen molar-refractivity contribution in [3.8, 4) is 11.8 Å². The number of nitrogens with zero attached hydrogens (tertiary/aromatic N) is 1. The first-order valence-corrected chi connectivity index (χ1v) is 12.7. The third-order valence-electron chi connectivity index (χ3n) is 7.82. The predicted molar refractivity (Wildman–Crippen MR) is 129 cm³/mol. The molecule has 0 heterocycles. The van der Waals surface area contributed by atoms with Gasteiger partial charge in [-0.1, -0.05) is 53.1 Å². The van der Waals surface area contributed by atoms with Crippen LogP contribution >= 0.6 is 22.6 Å². The third-order valence-corrected chi connectivity index (χ3v) is 8.17. The molecule has 5 atom stereocenters. The minimum Gasteiger partial charge on any atom is -0.508 e. The molecule has 2 N–H and O–H groups in total. The smallest absolute Gasteiger partial charge is 0.116 e. The Balaban J connectivity index is 1.59. The van der Waals surface area contributed by atoms with Gasteiger partial charge in [0.2, 0.25) is 0 Å². The Bertz CT molecular complexity index is 870. The van der Waals surface area contributed by atoms with Gasteiger partial charge in [-0.25, -0.2) is 0 Å². The van der Waals surface area contributed by atoms with Crippen LogP contribution in [0, 0.1) is 29.1 Å². The second-order valence-electron chi connectivity index (χ2n) is 9.41. The number of fused-ring (bicyclic) bond motifs is 5. The van der Waals surface area contributed by atoms with Crippen molar-refractivity contribution in [2.24, 2.45) is 17.8 Å². The van der Waals surface area contributed by atoms with Crippen molar-refractivity contribution in [3.63, 3.8) is 0 Å². The molecule has 160 valence electrons. The van der Waals surface area contributed by atoms with Crippen LogP contribution in [0.15, 0.2) is 33.9 Å². The summed E-state index contributed by atoms with van der Waals surface area (Å²) in [7, 11) is 0. The number of hydrogen-bond donors (Lipinski definition) is 2. The normalized spacial score (nSPS) is 32.2. The zero-order chi connectivity index (χ0) is 21.1. The lowest BCUT2D eigenvalue weighted by atomic mass is 9.58. The lowest BCUT2D eigenvalue weighted by Crippen LogP contribution is -2.41. The van der Waals surface area contributed by atoms with Gasteiger partial charge in [0.15, 0.2) is 0 Å². The van der Waals surface area contributed by atoms with E-state index >= 15 is 0 Å². The molecule has 2 saturated carbocycles. The van der Waals surface area contributed by atoms with E-state index in [0.29, 0.717) is 35.8 Å². The molecule has 1 aromatic rings. The fourth-order valence-electron chi connectivity index (χ4n) is 6.53. The molecule has 0 spiro atoms. The maximum absolute atomic E-state index is 11.3. The summed E-state index contributed by atoms with van der Waals surface area (Å²) in [5.74, 6) is 2.24. The highest BCUT2D eigenvalue weighted by molar-refractivity contribution is 14.1. The zero-order valence-electron chi connectivity index (χ0n) is 17.6. The Kier molecular flexibility index (Phi) is 6.89. The van der Waals surface area contributed by atoms with Crippen molar-refractivity contribution in [3.05, 3.63) is 45.1 Å². The van der Waals surface area contributed by atoms with E-state index in [1.54, 1.807) is 0 Å². The predicted octanol–water partition coefficient (Wildman–Crippen LogP) is 6.85. The molecule has 0 aromatic heterocycles. The van der Waals surface area contributed by atoms with Crippen LogP contribution in [0.2, 0.25) is 0 Å². The molecule has 4 rings (SSSR count). The average molecular weight is 515 g/mol. The van der Waals surface area contributed by atoms with Gasteiger partial charge in [-0.05, 0) is 102 Å². The molecule has 0 unspecified atom stereocenters. The van der Waals surface area contributed by atoms with Gasteiger partial charge in [-0.2, -0.15) is 5.26 Å². The van der Waals surface area contributed by atoms with Gasteiger partial charge in [-0.3, -0.25) is 0 Å². The maximum atomic E-state index is 11.3. The summed E-state index contributed by atoms with van der Waals surface area (Å²) < 4.78 is 1.99. The van der Waals surface area contributed by atoms with E-state index in [9.17, 15) is 10.2 Å². The van der Waals surface area contributed by atoms with Crippen LogP contribution in [-0.2, 0) is 0 Å². The van der Waals surface area contributed by atoms with Gasteiger partial charge < -0.3 is 10.2 Å². The first-order chi connectivity index (χ1) is 14.6. The van der Waals surface area contributed by atoms with Crippen molar-refractivity contribution in [1.82, 2.24) is 0 Å². The van der Waals surface area contributed by atoms with E-state index in [2.05, 4.69) is 40.8 Å². The molecular weight excluding hydrogens is 483 g/mol. The summed E-state index contributed by atoms with van der Waals surface area (Å²) in [6.07, 6.45) is 14.7. The second kappa shape index (κ2) is 9.44. The van der Waals surface area contributed by atoms with Crippen LogP contribution in [0.3, 0.4) is 0 Å². The maximum Gasteiger partial charge on any atom is 0.116 e. The minimum atomic E-state index is -0.644. The van der Waals surface area contributed by atoms with Crippen molar-refractivity contribution >= 4 is 28.7 Å². The molecular formula is C26H32INO2. The summed E-state index contributed by atoms with van der Waals surface area (Å²) in [6.45, 7) is 0. The van der Waals surface area contributed by atoms with E-state index in [1.807, 2.05) is 22.3 Å². The molecule has 3 nitrogen and oxygen atoms in total. The van der Waals surface area contributed by atoms with Gasteiger partial charge in [0.05, 0.1) is 11.7 Å². The highest BCUT2D eigenvalue weighted by atomic mass is 125. The van der Waals surface area contributed by atoms with Gasteiger partial charge in [0.1, 0.15) is 5.75 Å². The average Bonchev–Trinajstić information content (AvgIpc) is 3.07. The van der Waals surface area contributed by atoms with Crippen molar-refractivity contribution < 1.29 is 10.2 Å². The number of aliphatic hydroxyl groups is 1. The summed E-state index contributed by atoms with van der Waals surface area (Å²) in [5.41, 5.74) is 3.45. The molecule has 3 aliphatic carbocycles. The summed E-state index contributed by atoms with van der Waals surface area (Å²) >= 11 is 2.23. The van der Waals surface area contributed by atoms with Crippen LogP contribution in [0.5, 0.6) is 5.75 Å². The molecule has 2 fully saturated rings. The van der Waals surface area contributed by atoms with E-state index < -0.39 is 5.60 Å². The fourth-order valence-corrected chi connectivity index (χ4v) is 7.15. The molecule has 1 aromatic carbocycles. The van der Waals surface area contributed by atoms with E-state index in [4.69, 9.17) is 5.26 Å². The summed E-state index contributed by atoms with van der Waals surface area (Å²) in [6, 6.07) is 8.13. The SMILES string of the molecule is N#CCCCCCCC1=Cc2cc(O)ccc2[C@H]2CC[C@H]3[C@@H](CC[C@@]3(O)/C=C/[125I])[C@H]12. The molecule has 0 radical (unpaired) electrons. The number of halogens is 1. The Morgan fingerprint density at radius 3 is 2.80 bits per heavy atom. The Morgan fingerprint density at radius 2 is 2.00 bits per heavy atom. The first kappa shape index (κ1) is 21.9. The third kappa shape index (κ3) is 4.21. The summed E-state index contributed by atoms with van der Waals surface area (Å²) in [5, 5.41) is 30.1. The largest absolute Gasteiger partial charge is 0.508 e. The number of rotatable bonds is 7. The molecule has 0 aliphatic heterocycles. The Hall–Kier alpha value is -1.32. The second-order valence-corrected chi connectivity index (χ2v) is 10.1. The van der Waals surface area contributed by atoms with Gasteiger partial charge >= 0.3 is 0 Å². The van der Waals surface area contributed by atoms with Crippen molar-refractivity contribution in [2.75, 3.05) is 0 Å². The van der Waals surface area contributed by atoms with Crippen LogP contribution in [-0.4, -0.2) is 15.8 Å². The molecule has 0 amide bonds. The van der Waals surface area contributed by atoms with Gasteiger partial charge in [0, 0.05) is 6.42 Å². The lowest BCUT2D eigenvalue weighted by molar-refractivity contribution is 0.0102. The number of nitriles is 1. The topological polar surface area (TPSA) is 64.2 Å². The number of allylic oxidation sites excluding steroid dienone is 1. The number of phenolic OH excluding ortho intramolecular Hbond substituents is 1. The van der Waals surface area contributed by atoms with Crippen LogP contribution in [0.4, 0.5) is 0 Å². The number of phenols is 1. The highest BCUT2D eigenvalue weighted by Crippen LogP contribution is 2.60. The van der Waals surface area contributed by atoms with Gasteiger partial charge in [0.25, 0.3) is 0 Å². The lowest BCUT2D eigenvalue weighted by Gasteiger charge is -2.47. The molecule has 3 aliphatic rings. The van der Waals surface area contributed by atoms with Crippen molar-refractivity contribution in [2.45, 2.75) is 75.7 Å². The standard InChI is InChI=1S/C26H32INO2/c27-14-13-26(30)12-11-23-24(26)10-9-22-21-8-7-20(29)17-19(21)16-18(25(22)23)6-4-2-1-3-5-15-28/h7-8,13-14,16-17,22-25,29-30H,1-6,9-12H2/b14-13+/t22-,23-,24+,25-,26-/m1/s1/i27-2. The molecule has 4 heteroatoms. The highest BCUT2D eigenvalue weighted by Gasteiger charge is 2.53. The Morgan fingerprint density at radius 1 is 1.17 bits per heavy atom. The number of hydrogen-bond acceptors (Lipinski definition) is 3. The number of unbranched alkanes of at least 4 members (excludes halogenated alkanes) is 4. The van der Waals surface area contributed by atoms with Crippen molar-refractivity contribution in [1.29, 1.82) is 5.26 Å².